The van der Waals surface area contributed by atoms with Crippen LogP contribution in [0.5, 0.6) is 0 Å². The lowest BCUT2D eigenvalue weighted by molar-refractivity contribution is -0.118. The van der Waals surface area contributed by atoms with Crippen molar-refractivity contribution in [3.63, 3.8) is 0 Å². The van der Waals surface area contributed by atoms with Crippen LogP contribution in [-0.2, 0) is 9.53 Å². The van der Waals surface area contributed by atoms with Crippen LogP contribution in [0.2, 0.25) is 0 Å². The van der Waals surface area contributed by atoms with Gasteiger partial charge in [0.15, 0.2) is 0 Å². The molecule has 0 heterocycles. The summed E-state index contributed by atoms with van der Waals surface area (Å²) in [5.41, 5.74) is -0.0942. The van der Waals surface area contributed by atoms with Crippen LogP contribution in [-0.4, -0.2) is 44.0 Å². The molecule has 0 amide bonds. The predicted molar refractivity (Wildman–Crippen MR) is 74.8 cm³/mol. The van der Waals surface area contributed by atoms with Gasteiger partial charge in [-0.3, -0.25) is 0 Å². The van der Waals surface area contributed by atoms with Crippen LogP contribution in [0.25, 0.3) is 0 Å². The molecule has 0 aliphatic heterocycles. The van der Waals surface area contributed by atoms with Gasteiger partial charge in [0.1, 0.15) is 6.29 Å². The van der Waals surface area contributed by atoms with Gasteiger partial charge in [-0.25, -0.2) is 0 Å². The maximum Gasteiger partial charge on any atom is 0.127 e. The van der Waals surface area contributed by atoms with E-state index in [0.717, 1.165) is 32.5 Å². The number of likely N-dealkylation sites (N-methyl/N-ethyl adjacent to an activating group) is 1. The van der Waals surface area contributed by atoms with Gasteiger partial charge in [0.05, 0.1) is 12.7 Å². The number of hydrogen-bond donors (Lipinski definition) is 0. The minimum Gasteiger partial charge on any atom is -0.377 e. The van der Waals surface area contributed by atoms with Crippen molar-refractivity contribution < 1.29 is 9.53 Å². The fourth-order valence-electron chi connectivity index (χ4n) is 2.81. The molecule has 1 aliphatic rings. The van der Waals surface area contributed by atoms with Gasteiger partial charge in [-0.2, -0.15) is 0 Å². The van der Waals surface area contributed by atoms with E-state index in [1.165, 1.54) is 32.0 Å². The summed E-state index contributed by atoms with van der Waals surface area (Å²) in [5.74, 6) is 0. The first kappa shape index (κ1) is 15.6. The van der Waals surface area contributed by atoms with Crippen molar-refractivity contribution in [2.45, 2.75) is 58.5 Å². The van der Waals surface area contributed by atoms with Crippen molar-refractivity contribution in [1.82, 2.24) is 4.90 Å². The summed E-state index contributed by atoms with van der Waals surface area (Å²) in [4.78, 5) is 13.7. The second-order valence-electron chi connectivity index (χ2n) is 6.05. The van der Waals surface area contributed by atoms with Crippen LogP contribution < -0.4 is 0 Å². The highest BCUT2D eigenvalue weighted by atomic mass is 16.5. The Morgan fingerprint density at radius 1 is 1.22 bits per heavy atom. The average Bonchev–Trinajstić information content (AvgIpc) is 2.55. The average molecular weight is 255 g/mol. The summed E-state index contributed by atoms with van der Waals surface area (Å²) in [6.07, 6.45) is 8.61. The van der Waals surface area contributed by atoms with E-state index in [1.54, 1.807) is 0 Å². The molecule has 3 heteroatoms. The molecule has 1 fully saturated rings. The van der Waals surface area contributed by atoms with E-state index in [9.17, 15) is 4.79 Å². The Hall–Kier alpha value is -0.410. The van der Waals surface area contributed by atoms with Crippen LogP contribution >= 0.6 is 0 Å². The van der Waals surface area contributed by atoms with Crippen LogP contribution in [0.3, 0.4) is 0 Å². The highest BCUT2D eigenvalue weighted by Crippen LogP contribution is 2.33. The van der Waals surface area contributed by atoms with Gasteiger partial charge in [-0.05, 0) is 33.7 Å². The Morgan fingerprint density at radius 2 is 1.83 bits per heavy atom. The summed E-state index contributed by atoms with van der Waals surface area (Å²) in [7, 11) is 2.10. The SMILES string of the molecule is CC(C)OCCN(C)CC1(C=O)CCCCCC1. The van der Waals surface area contributed by atoms with Crippen molar-refractivity contribution >= 4 is 6.29 Å². The molecule has 18 heavy (non-hydrogen) atoms. The first-order valence-electron chi connectivity index (χ1n) is 7.34. The largest absolute Gasteiger partial charge is 0.377 e. The summed E-state index contributed by atoms with van der Waals surface area (Å²) < 4.78 is 5.56. The standard InChI is InChI=1S/C15H29NO2/c1-14(2)18-11-10-16(3)12-15(13-17)8-6-4-5-7-9-15/h13-14H,4-12H2,1-3H3. The molecule has 106 valence electrons. The monoisotopic (exact) mass is 255 g/mol. The van der Waals surface area contributed by atoms with Crippen molar-refractivity contribution in [3.05, 3.63) is 0 Å². The maximum atomic E-state index is 11.5. The van der Waals surface area contributed by atoms with Gasteiger partial charge >= 0.3 is 0 Å². The zero-order chi connectivity index (χ0) is 13.4. The molecule has 0 spiro atoms. The van der Waals surface area contributed by atoms with Gasteiger partial charge in [-0.15, -0.1) is 0 Å². The van der Waals surface area contributed by atoms with E-state index in [4.69, 9.17) is 4.74 Å². The van der Waals surface area contributed by atoms with E-state index >= 15 is 0 Å². The number of hydrogen-bond acceptors (Lipinski definition) is 3. The maximum absolute atomic E-state index is 11.5. The predicted octanol–water partition coefficient (Wildman–Crippen LogP) is 2.88. The van der Waals surface area contributed by atoms with Crippen molar-refractivity contribution in [2.75, 3.05) is 26.7 Å². The number of ether oxygens (including phenoxy) is 1. The molecule has 0 atom stereocenters. The second-order valence-corrected chi connectivity index (χ2v) is 6.05. The van der Waals surface area contributed by atoms with E-state index < -0.39 is 0 Å². The molecule has 0 bridgehead atoms. The highest BCUT2D eigenvalue weighted by molar-refractivity contribution is 5.59. The molecule has 0 aromatic heterocycles. The topological polar surface area (TPSA) is 29.5 Å². The summed E-state index contributed by atoms with van der Waals surface area (Å²) >= 11 is 0. The Morgan fingerprint density at radius 3 is 2.33 bits per heavy atom. The van der Waals surface area contributed by atoms with Gasteiger partial charge in [0.2, 0.25) is 0 Å². The fraction of sp³-hybridized carbons (Fsp3) is 0.933. The first-order valence-corrected chi connectivity index (χ1v) is 7.34. The molecule has 0 aromatic carbocycles. The van der Waals surface area contributed by atoms with Crippen LogP contribution in [0.4, 0.5) is 0 Å². The number of carbonyl (C=O) groups is 1. The Balaban J connectivity index is 2.38. The molecule has 1 aliphatic carbocycles. The number of nitrogens with zero attached hydrogens (tertiary/aromatic N) is 1. The zero-order valence-electron chi connectivity index (χ0n) is 12.3. The third kappa shape index (κ3) is 5.49. The Kier molecular flexibility index (Phi) is 6.87. The molecule has 0 aromatic rings. The molecule has 0 saturated heterocycles. The summed E-state index contributed by atoms with van der Waals surface area (Å²) in [5, 5.41) is 0. The molecular weight excluding hydrogens is 226 g/mol. The van der Waals surface area contributed by atoms with E-state index in [1.807, 2.05) is 0 Å². The smallest absolute Gasteiger partial charge is 0.127 e. The molecule has 1 saturated carbocycles. The lowest BCUT2D eigenvalue weighted by atomic mass is 9.81. The second kappa shape index (κ2) is 7.90. The Bertz CT molecular complexity index is 233. The lowest BCUT2D eigenvalue weighted by Crippen LogP contribution is -2.38. The molecule has 3 nitrogen and oxygen atoms in total. The van der Waals surface area contributed by atoms with E-state index in [2.05, 4.69) is 25.8 Å². The number of carbonyl (C=O) groups excluding carboxylic acids is 1. The minimum atomic E-state index is -0.0942. The van der Waals surface area contributed by atoms with E-state index in [-0.39, 0.29) is 11.5 Å². The van der Waals surface area contributed by atoms with Crippen LogP contribution in [0.15, 0.2) is 0 Å². The van der Waals surface area contributed by atoms with Crippen molar-refractivity contribution in [2.24, 2.45) is 5.41 Å². The van der Waals surface area contributed by atoms with E-state index in [0.29, 0.717) is 0 Å². The van der Waals surface area contributed by atoms with Gasteiger partial charge in [0.25, 0.3) is 0 Å². The molecule has 0 unspecified atom stereocenters. The molecule has 0 radical (unpaired) electrons. The molecule has 0 N–H and O–H groups in total. The van der Waals surface area contributed by atoms with Crippen LogP contribution in [0, 0.1) is 5.41 Å². The van der Waals surface area contributed by atoms with Gasteiger partial charge < -0.3 is 14.4 Å². The molecular formula is C15H29NO2. The third-order valence-corrected chi connectivity index (χ3v) is 3.86. The summed E-state index contributed by atoms with van der Waals surface area (Å²) in [6, 6.07) is 0. The normalized spacial score (nSPS) is 20.1. The highest BCUT2D eigenvalue weighted by Gasteiger charge is 2.31. The van der Waals surface area contributed by atoms with Gasteiger partial charge in [-0.1, -0.05) is 25.7 Å². The van der Waals surface area contributed by atoms with Crippen LogP contribution in [0.1, 0.15) is 52.4 Å². The van der Waals surface area contributed by atoms with Gasteiger partial charge in [0, 0.05) is 18.5 Å². The van der Waals surface area contributed by atoms with Crippen molar-refractivity contribution in [1.29, 1.82) is 0 Å². The number of rotatable bonds is 7. The third-order valence-electron chi connectivity index (χ3n) is 3.86. The fourth-order valence-corrected chi connectivity index (χ4v) is 2.81. The minimum absolute atomic E-state index is 0.0942. The summed E-state index contributed by atoms with van der Waals surface area (Å²) in [6.45, 7) is 6.66. The van der Waals surface area contributed by atoms with Crippen molar-refractivity contribution in [3.8, 4) is 0 Å². The Labute approximate surface area is 112 Å². The lowest BCUT2D eigenvalue weighted by Gasteiger charge is -2.31. The first-order chi connectivity index (χ1) is 8.58. The quantitative estimate of drug-likeness (QED) is 0.517. The molecule has 1 rings (SSSR count). The number of aldehydes is 1. The zero-order valence-corrected chi connectivity index (χ0v) is 12.3.